The molecule has 5 nitrogen and oxygen atoms in total. The van der Waals surface area contributed by atoms with Crippen LogP contribution in [0.25, 0.3) is 0 Å². The number of hydrogen-bond acceptors (Lipinski definition) is 4. The van der Waals surface area contributed by atoms with Gasteiger partial charge in [0.05, 0.1) is 12.0 Å². The van der Waals surface area contributed by atoms with Crippen molar-refractivity contribution in [3.8, 4) is 5.75 Å². The Hall–Kier alpha value is -1.30. The minimum atomic E-state index is -0.507. The maximum absolute atomic E-state index is 12.4. The molecule has 0 bridgehead atoms. The summed E-state index contributed by atoms with van der Waals surface area (Å²) in [6, 6.07) is 7.34. The highest BCUT2D eigenvalue weighted by atomic mass is 35.5. The Morgan fingerprint density at radius 3 is 2.50 bits per heavy atom. The number of halogens is 1. The standard InChI is InChI=1S/C16H26N2O3.ClH/c1-4-16(5-2,12-17)15(19)18-13-7-6-8-14(11-13)21-10-9-20-3;/h6-8,11H,4-5,9-10,12,17H2,1-3H3,(H,18,19);1H. The first-order valence-corrected chi connectivity index (χ1v) is 7.35. The normalized spacial score (nSPS) is 10.7. The quantitative estimate of drug-likeness (QED) is 0.683. The Morgan fingerprint density at radius 1 is 1.27 bits per heavy atom. The molecule has 0 atom stereocenters. The number of anilines is 1. The maximum atomic E-state index is 12.4. The fourth-order valence-electron chi connectivity index (χ4n) is 2.12. The first-order chi connectivity index (χ1) is 10.1. The van der Waals surface area contributed by atoms with E-state index in [2.05, 4.69) is 5.32 Å². The molecule has 0 heterocycles. The summed E-state index contributed by atoms with van der Waals surface area (Å²) in [5, 5.41) is 2.94. The number of carbonyl (C=O) groups excluding carboxylic acids is 1. The number of amides is 1. The molecule has 0 aliphatic carbocycles. The van der Waals surface area contributed by atoms with Gasteiger partial charge in [0, 0.05) is 25.4 Å². The van der Waals surface area contributed by atoms with E-state index in [-0.39, 0.29) is 18.3 Å². The SMILES string of the molecule is CCC(CC)(CN)C(=O)Nc1cccc(OCCOC)c1.Cl. The number of hydrogen-bond donors (Lipinski definition) is 2. The van der Waals surface area contributed by atoms with Crippen molar-refractivity contribution >= 4 is 24.0 Å². The lowest BCUT2D eigenvalue weighted by atomic mass is 9.81. The second kappa shape index (κ2) is 10.4. The summed E-state index contributed by atoms with van der Waals surface area (Å²) in [7, 11) is 1.63. The van der Waals surface area contributed by atoms with Crippen LogP contribution in [-0.4, -0.2) is 32.8 Å². The molecule has 1 amide bonds. The molecule has 0 aromatic heterocycles. The number of rotatable bonds is 9. The second-order valence-corrected chi connectivity index (χ2v) is 5.01. The molecule has 0 aliphatic heterocycles. The third-order valence-electron chi connectivity index (χ3n) is 3.87. The van der Waals surface area contributed by atoms with Crippen LogP contribution < -0.4 is 15.8 Å². The molecule has 0 saturated carbocycles. The van der Waals surface area contributed by atoms with E-state index in [1.54, 1.807) is 13.2 Å². The van der Waals surface area contributed by atoms with Crippen LogP contribution in [0.3, 0.4) is 0 Å². The molecule has 0 radical (unpaired) electrons. The minimum Gasteiger partial charge on any atom is -0.491 e. The average Bonchev–Trinajstić information content (AvgIpc) is 2.50. The number of methoxy groups -OCH3 is 1. The van der Waals surface area contributed by atoms with E-state index in [0.29, 0.717) is 25.5 Å². The first-order valence-electron chi connectivity index (χ1n) is 7.35. The van der Waals surface area contributed by atoms with E-state index in [0.717, 1.165) is 18.5 Å². The van der Waals surface area contributed by atoms with Crippen molar-refractivity contribution in [3.05, 3.63) is 24.3 Å². The van der Waals surface area contributed by atoms with E-state index in [4.69, 9.17) is 15.2 Å². The Labute approximate surface area is 139 Å². The third kappa shape index (κ3) is 5.48. The Balaban J connectivity index is 0.00000441. The van der Waals surface area contributed by atoms with Crippen molar-refractivity contribution in [2.75, 3.05) is 32.2 Å². The van der Waals surface area contributed by atoms with E-state index >= 15 is 0 Å². The fraction of sp³-hybridized carbons (Fsp3) is 0.562. The summed E-state index contributed by atoms with van der Waals surface area (Å²) < 4.78 is 10.5. The summed E-state index contributed by atoms with van der Waals surface area (Å²) in [4.78, 5) is 12.4. The topological polar surface area (TPSA) is 73.6 Å². The van der Waals surface area contributed by atoms with Crippen molar-refractivity contribution in [1.29, 1.82) is 0 Å². The van der Waals surface area contributed by atoms with Gasteiger partial charge in [0.1, 0.15) is 12.4 Å². The highest BCUT2D eigenvalue weighted by molar-refractivity contribution is 5.95. The van der Waals surface area contributed by atoms with Crippen LogP contribution in [0.1, 0.15) is 26.7 Å². The molecule has 0 spiro atoms. The number of ether oxygens (including phenoxy) is 2. The van der Waals surface area contributed by atoms with Crippen molar-refractivity contribution in [3.63, 3.8) is 0 Å². The molecule has 0 aliphatic rings. The molecule has 1 aromatic rings. The first kappa shape index (κ1) is 20.7. The molecule has 1 aromatic carbocycles. The van der Waals surface area contributed by atoms with Gasteiger partial charge in [-0.2, -0.15) is 0 Å². The van der Waals surface area contributed by atoms with Crippen LogP contribution in [0, 0.1) is 5.41 Å². The Morgan fingerprint density at radius 2 is 1.95 bits per heavy atom. The van der Waals surface area contributed by atoms with Gasteiger partial charge in [0.2, 0.25) is 5.91 Å². The second-order valence-electron chi connectivity index (χ2n) is 5.01. The molecule has 1 rings (SSSR count). The predicted molar refractivity (Wildman–Crippen MR) is 91.8 cm³/mol. The lowest BCUT2D eigenvalue weighted by Crippen LogP contribution is -2.41. The number of nitrogens with two attached hydrogens (primary N) is 1. The maximum Gasteiger partial charge on any atom is 0.231 e. The van der Waals surface area contributed by atoms with E-state index in [9.17, 15) is 4.79 Å². The lowest BCUT2D eigenvalue weighted by Gasteiger charge is -2.28. The van der Waals surface area contributed by atoms with Crippen LogP contribution in [-0.2, 0) is 9.53 Å². The highest BCUT2D eigenvalue weighted by Crippen LogP contribution is 2.27. The third-order valence-corrected chi connectivity index (χ3v) is 3.87. The van der Waals surface area contributed by atoms with Crippen LogP contribution in [0.4, 0.5) is 5.69 Å². The summed E-state index contributed by atoms with van der Waals surface area (Å²) in [6.07, 6.45) is 1.44. The zero-order chi connectivity index (χ0) is 15.7. The van der Waals surface area contributed by atoms with E-state index in [1.807, 2.05) is 32.0 Å². The summed E-state index contributed by atoms with van der Waals surface area (Å²) in [5.41, 5.74) is 6.01. The molecular weight excluding hydrogens is 304 g/mol. The van der Waals surface area contributed by atoms with E-state index in [1.165, 1.54) is 0 Å². The van der Waals surface area contributed by atoms with Crippen LogP contribution >= 0.6 is 12.4 Å². The summed E-state index contributed by atoms with van der Waals surface area (Å²) in [6.45, 7) is 5.32. The molecule has 22 heavy (non-hydrogen) atoms. The zero-order valence-electron chi connectivity index (χ0n) is 13.6. The highest BCUT2D eigenvalue weighted by Gasteiger charge is 2.33. The largest absolute Gasteiger partial charge is 0.491 e. The summed E-state index contributed by atoms with van der Waals surface area (Å²) >= 11 is 0. The lowest BCUT2D eigenvalue weighted by molar-refractivity contribution is -0.125. The molecule has 0 fully saturated rings. The average molecular weight is 331 g/mol. The monoisotopic (exact) mass is 330 g/mol. The van der Waals surface area contributed by atoms with Crippen molar-refractivity contribution < 1.29 is 14.3 Å². The van der Waals surface area contributed by atoms with Crippen LogP contribution in [0.15, 0.2) is 24.3 Å². The van der Waals surface area contributed by atoms with Gasteiger partial charge in [-0.1, -0.05) is 19.9 Å². The molecule has 0 unspecified atom stereocenters. The van der Waals surface area contributed by atoms with Gasteiger partial charge in [0.15, 0.2) is 0 Å². The minimum absolute atomic E-state index is 0. The van der Waals surface area contributed by atoms with Gasteiger partial charge >= 0.3 is 0 Å². The number of benzene rings is 1. The van der Waals surface area contributed by atoms with Gasteiger partial charge in [-0.05, 0) is 25.0 Å². The van der Waals surface area contributed by atoms with Gasteiger partial charge in [0.25, 0.3) is 0 Å². The van der Waals surface area contributed by atoms with Crippen LogP contribution in [0.5, 0.6) is 5.75 Å². The van der Waals surface area contributed by atoms with E-state index < -0.39 is 5.41 Å². The molecule has 3 N–H and O–H groups in total. The van der Waals surface area contributed by atoms with Gasteiger partial charge in [-0.15, -0.1) is 12.4 Å². The summed E-state index contributed by atoms with van der Waals surface area (Å²) in [5.74, 6) is 0.667. The predicted octanol–water partition coefficient (Wildman–Crippen LogP) is 2.84. The fourth-order valence-corrected chi connectivity index (χ4v) is 2.12. The van der Waals surface area contributed by atoms with Crippen molar-refractivity contribution in [2.45, 2.75) is 26.7 Å². The van der Waals surface area contributed by atoms with Gasteiger partial charge in [-0.25, -0.2) is 0 Å². The van der Waals surface area contributed by atoms with Crippen molar-refractivity contribution in [2.24, 2.45) is 11.1 Å². The molecule has 0 saturated heterocycles. The Bertz CT molecular complexity index is 443. The molecule has 6 heteroatoms. The number of carbonyl (C=O) groups is 1. The van der Waals surface area contributed by atoms with Crippen molar-refractivity contribution in [1.82, 2.24) is 0 Å². The van der Waals surface area contributed by atoms with Gasteiger partial charge in [-0.3, -0.25) is 4.79 Å². The molecule has 126 valence electrons. The zero-order valence-corrected chi connectivity index (χ0v) is 14.4. The van der Waals surface area contributed by atoms with Crippen LogP contribution in [0.2, 0.25) is 0 Å². The number of nitrogens with one attached hydrogen (secondary N) is 1. The smallest absolute Gasteiger partial charge is 0.231 e. The molecular formula is C16H27ClN2O3. The Kier molecular flexibility index (Phi) is 9.81. The van der Waals surface area contributed by atoms with Gasteiger partial charge < -0.3 is 20.5 Å².